The first-order chi connectivity index (χ1) is 15.7. The molecular weight excluding hydrogens is 505 g/mol. The maximum absolute atomic E-state index is 13.0. The number of nitrogens with one attached hydrogen (secondary N) is 1. The number of carbonyl (C=O) groups excluding carboxylic acids is 1. The molecule has 0 atom stereocenters. The lowest BCUT2D eigenvalue weighted by Crippen LogP contribution is -2.19. The van der Waals surface area contributed by atoms with Crippen LogP contribution < -0.4 is 10.9 Å². The second kappa shape index (κ2) is 9.26. The summed E-state index contributed by atoms with van der Waals surface area (Å²) in [6.07, 6.45) is 1.38. The molecule has 0 radical (unpaired) electrons. The standard InChI is InChI=1S/C22H17Cl2N3O4S2/c1-25-19-10-18-16(9-17(19)23)22(29)27(12-26-18)14-4-2-13(3-5-14)8-15(28)11-33(30,31)21-7-6-20(24)32-21/h2-7,9-10,12,25H,8,11H2,1H3. The van der Waals surface area contributed by atoms with E-state index >= 15 is 0 Å². The van der Waals surface area contributed by atoms with E-state index < -0.39 is 21.4 Å². The zero-order chi connectivity index (χ0) is 23.8. The molecule has 0 bridgehead atoms. The van der Waals surface area contributed by atoms with Crippen molar-refractivity contribution in [3.8, 4) is 5.69 Å². The largest absolute Gasteiger partial charge is 0.387 e. The molecule has 0 amide bonds. The van der Waals surface area contributed by atoms with E-state index in [9.17, 15) is 18.0 Å². The van der Waals surface area contributed by atoms with Crippen LogP contribution in [0.15, 0.2) is 63.9 Å². The molecule has 170 valence electrons. The Kier molecular flexibility index (Phi) is 6.58. The van der Waals surface area contributed by atoms with E-state index in [1.807, 2.05) is 0 Å². The molecule has 0 spiro atoms. The zero-order valence-electron chi connectivity index (χ0n) is 17.2. The lowest BCUT2D eigenvalue weighted by Gasteiger charge is -2.10. The quantitative estimate of drug-likeness (QED) is 0.387. The van der Waals surface area contributed by atoms with Gasteiger partial charge in [0.15, 0.2) is 15.6 Å². The number of hydrogen-bond acceptors (Lipinski definition) is 7. The van der Waals surface area contributed by atoms with Crippen LogP contribution in [0.3, 0.4) is 0 Å². The van der Waals surface area contributed by atoms with Gasteiger partial charge in [-0.1, -0.05) is 35.3 Å². The number of nitrogens with zero attached hydrogens (tertiary/aromatic N) is 2. The van der Waals surface area contributed by atoms with Crippen LogP contribution in [0.1, 0.15) is 5.56 Å². The molecule has 4 rings (SSSR count). The molecule has 0 fully saturated rings. The van der Waals surface area contributed by atoms with Gasteiger partial charge in [-0.3, -0.25) is 14.2 Å². The van der Waals surface area contributed by atoms with Crippen LogP contribution in [0.25, 0.3) is 16.6 Å². The van der Waals surface area contributed by atoms with E-state index in [1.54, 1.807) is 43.4 Å². The molecule has 2 aromatic heterocycles. The van der Waals surface area contributed by atoms with E-state index in [0.29, 0.717) is 37.2 Å². The highest BCUT2D eigenvalue weighted by Crippen LogP contribution is 2.27. The minimum absolute atomic E-state index is 0.0497. The summed E-state index contributed by atoms with van der Waals surface area (Å²) in [5, 5.41) is 3.73. The van der Waals surface area contributed by atoms with Crippen molar-refractivity contribution < 1.29 is 13.2 Å². The van der Waals surface area contributed by atoms with E-state index in [0.717, 1.165) is 11.3 Å². The Balaban J connectivity index is 1.54. The minimum atomic E-state index is -3.73. The number of ketones is 1. The molecule has 2 aromatic carbocycles. The predicted molar refractivity (Wildman–Crippen MR) is 132 cm³/mol. The summed E-state index contributed by atoms with van der Waals surface area (Å²) in [5.74, 6) is -1.04. The Morgan fingerprint density at radius 3 is 2.48 bits per heavy atom. The highest BCUT2D eigenvalue weighted by molar-refractivity contribution is 7.94. The summed E-state index contributed by atoms with van der Waals surface area (Å²) in [5.41, 5.74) is 2.09. The van der Waals surface area contributed by atoms with Gasteiger partial charge in [0.25, 0.3) is 5.56 Å². The average molecular weight is 522 g/mol. The number of fused-ring (bicyclic) bond motifs is 1. The molecular formula is C22H17Cl2N3O4S2. The number of halogens is 2. The number of benzene rings is 2. The maximum Gasteiger partial charge on any atom is 0.265 e. The molecule has 4 aromatic rings. The number of hydrogen-bond donors (Lipinski definition) is 1. The van der Waals surface area contributed by atoms with E-state index in [2.05, 4.69) is 10.3 Å². The third kappa shape index (κ3) is 4.96. The topological polar surface area (TPSA) is 98.1 Å². The number of sulfone groups is 1. The minimum Gasteiger partial charge on any atom is -0.387 e. The molecule has 2 heterocycles. The van der Waals surface area contributed by atoms with Gasteiger partial charge in [0, 0.05) is 13.5 Å². The maximum atomic E-state index is 13.0. The summed E-state index contributed by atoms with van der Waals surface area (Å²) in [6, 6.07) is 12.9. The predicted octanol–water partition coefficient (Wildman–Crippen LogP) is 4.38. The lowest BCUT2D eigenvalue weighted by molar-refractivity contribution is -0.116. The summed E-state index contributed by atoms with van der Waals surface area (Å²) in [6.45, 7) is 0. The number of aromatic nitrogens is 2. The Hall–Kier alpha value is -2.72. The van der Waals surface area contributed by atoms with Crippen molar-refractivity contribution in [2.24, 2.45) is 0 Å². The molecule has 0 saturated carbocycles. The summed E-state index contributed by atoms with van der Waals surface area (Å²) in [7, 11) is -2.00. The highest BCUT2D eigenvalue weighted by Gasteiger charge is 2.21. The third-order valence-corrected chi connectivity index (χ3v) is 8.74. The smallest absolute Gasteiger partial charge is 0.265 e. The van der Waals surface area contributed by atoms with Gasteiger partial charge in [-0.2, -0.15) is 0 Å². The van der Waals surface area contributed by atoms with Gasteiger partial charge in [0.05, 0.1) is 31.6 Å². The normalized spacial score (nSPS) is 11.6. The first-order valence-electron chi connectivity index (χ1n) is 9.66. The SMILES string of the molecule is CNc1cc2ncn(-c3ccc(CC(=O)CS(=O)(=O)c4ccc(Cl)s4)cc3)c(=O)c2cc1Cl. The fourth-order valence-corrected chi connectivity index (χ4v) is 6.39. The van der Waals surface area contributed by atoms with Crippen LogP contribution in [0, 0.1) is 0 Å². The van der Waals surface area contributed by atoms with Gasteiger partial charge in [-0.25, -0.2) is 13.4 Å². The van der Waals surface area contributed by atoms with Gasteiger partial charge in [0.1, 0.15) is 16.3 Å². The fraction of sp³-hybridized carbons (Fsp3) is 0.136. The molecule has 0 unspecified atom stereocenters. The number of carbonyl (C=O) groups is 1. The van der Waals surface area contributed by atoms with E-state index in [-0.39, 0.29) is 16.2 Å². The van der Waals surface area contributed by atoms with Crippen LogP contribution in [-0.4, -0.2) is 36.6 Å². The Morgan fingerprint density at radius 2 is 1.85 bits per heavy atom. The van der Waals surface area contributed by atoms with Gasteiger partial charge in [0.2, 0.25) is 0 Å². The molecule has 33 heavy (non-hydrogen) atoms. The molecule has 0 aliphatic carbocycles. The van der Waals surface area contributed by atoms with Crippen LogP contribution in [0.5, 0.6) is 0 Å². The van der Waals surface area contributed by atoms with Gasteiger partial charge >= 0.3 is 0 Å². The molecule has 0 aliphatic heterocycles. The van der Waals surface area contributed by atoms with Crippen LogP contribution >= 0.6 is 34.5 Å². The molecule has 1 N–H and O–H groups in total. The van der Waals surface area contributed by atoms with Crippen molar-refractivity contribution in [1.82, 2.24) is 9.55 Å². The Bertz CT molecular complexity index is 1530. The first-order valence-corrected chi connectivity index (χ1v) is 12.9. The van der Waals surface area contributed by atoms with Crippen molar-refractivity contribution in [1.29, 1.82) is 0 Å². The highest BCUT2D eigenvalue weighted by atomic mass is 35.5. The molecule has 0 aliphatic rings. The lowest BCUT2D eigenvalue weighted by atomic mass is 10.1. The van der Waals surface area contributed by atoms with Crippen molar-refractivity contribution in [3.63, 3.8) is 0 Å². The Labute approximate surface area is 203 Å². The van der Waals surface area contributed by atoms with Crippen LogP contribution in [0.4, 0.5) is 5.69 Å². The summed E-state index contributed by atoms with van der Waals surface area (Å²) in [4.78, 5) is 29.7. The van der Waals surface area contributed by atoms with E-state index in [1.165, 1.54) is 23.0 Å². The van der Waals surface area contributed by atoms with Gasteiger partial charge in [-0.15, -0.1) is 11.3 Å². The van der Waals surface area contributed by atoms with Crippen LogP contribution in [0.2, 0.25) is 9.36 Å². The molecule has 7 nitrogen and oxygen atoms in total. The summed E-state index contributed by atoms with van der Waals surface area (Å²) >= 11 is 12.9. The van der Waals surface area contributed by atoms with Crippen LogP contribution in [-0.2, 0) is 21.1 Å². The number of Topliss-reactive ketones (excluding diaryl/α,β-unsaturated/α-hetero) is 1. The molecule has 0 saturated heterocycles. The van der Waals surface area contributed by atoms with Crippen molar-refractivity contribution in [2.75, 3.05) is 18.1 Å². The number of anilines is 1. The Morgan fingerprint density at radius 1 is 1.12 bits per heavy atom. The van der Waals surface area contributed by atoms with Gasteiger partial charge in [-0.05, 0) is 42.0 Å². The van der Waals surface area contributed by atoms with Crippen molar-refractivity contribution >= 4 is 66.7 Å². The second-order valence-electron chi connectivity index (χ2n) is 7.22. The monoisotopic (exact) mass is 521 g/mol. The average Bonchev–Trinajstić information content (AvgIpc) is 3.22. The van der Waals surface area contributed by atoms with Gasteiger partial charge < -0.3 is 5.32 Å². The zero-order valence-corrected chi connectivity index (χ0v) is 20.4. The summed E-state index contributed by atoms with van der Waals surface area (Å²) < 4.78 is 26.5. The van der Waals surface area contributed by atoms with Crippen molar-refractivity contribution in [2.45, 2.75) is 10.6 Å². The molecule has 11 heteroatoms. The van der Waals surface area contributed by atoms with E-state index in [4.69, 9.17) is 23.2 Å². The number of rotatable bonds is 7. The third-order valence-electron chi connectivity index (χ3n) is 4.94. The van der Waals surface area contributed by atoms with Crippen molar-refractivity contribution in [3.05, 3.63) is 80.1 Å². The fourth-order valence-electron chi connectivity index (χ4n) is 3.32. The first kappa shape index (κ1) is 23.4. The second-order valence-corrected chi connectivity index (χ2v) is 11.6. The number of thiophene rings is 1.